The number of phenolic OH excluding ortho intramolecular Hbond substituents is 1. The number of hydrogen-bond acceptors (Lipinski definition) is 3. The fourth-order valence-corrected chi connectivity index (χ4v) is 3.66. The molecule has 3 aromatic carbocycles. The van der Waals surface area contributed by atoms with E-state index in [1.165, 1.54) is 0 Å². The first kappa shape index (κ1) is 21.2. The van der Waals surface area contributed by atoms with Gasteiger partial charge < -0.3 is 15.3 Å². The lowest BCUT2D eigenvalue weighted by atomic mass is 10.0. The molecule has 2 amide bonds. The van der Waals surface area contributed by atoms with Gasteiger partial charge in [-0.25, -0.2) is 0 Å². The van der Waals surface area contributed by atoms with Crippen LogP contribution < -0.4 is 10.2 Å². The Bertz CT molecular complexity index is 1190. The maximum atomic E-state index is 13.1. The van der Waals surface area contributed by atoms with Crippen LogP contribution in [0.5, 0.6) is 5.75 Å². The van der Waals surface area contributed by atoms with Gasteiger partial charge in [0.15, 0.2) is 0 Å². The molecule has 0 radical (unpaired) electrons. The van der Waals surface area contributed by atoms with E-state index in [2.05, 4.69) is 17.2 Å². The number of fused-ring (bicyclic) bond motifs is 2. The summed E-state index contributed by atoms with van der Waals surface area (Å²) in [6, 6.07) is 22.3. The molecule has 5 heteroatoms. The average molecular weight is 425 g/mol. The summed E-state index contributed by atoms with van der Waals surface area (Å²) in [5.74, 6) is 6.44. The van der Waals surface area contributed by atoms with Gasteiger partial charge in [0.05, 0.1) is 12.2 Å². The summed E-state index contributed by atoms with van der Waals surface area (Å²) < 4.78 is 0. The molecule has 0 aromatic heterocycles. The summed E-state index contributed by atoms with van der Waals surface area (Å²) in [6.45, 7) is 0.717. The number of hydrogen-bond donors (Lipinski definition) is 2. The summed E-state index contributed by atoms with van der Waals surface area (Å²) in [5, 5.41) is 12.2. The lowest BCUT2D eigenvalue weighted by Gasteiger charge is -2.26. The molecule has 0 aliphatic carbocycles. The van der Waals surface area contributed by atoms with Crippen molar-refractivity contribution in [2.45, 2.75) is 25.8 Å². The third kappa shape index (κ3) is 5.16. The van der Waals surface area contributed by atoms with Crippen molar-refractivity contribution in [2.24, 2.45) is 0 Å². The highest BCUT2D eigenvalue weighted by atomic mass is 16.3. The van der Waals surface area contributed by atoms with Crippen LogP contribution in [0.25, 0.3) is 0 Å². The van der Waals surface area contributed by atoms with E-state index in [0.717, 1.165) is 27.9 Å². The summed E-state index contributed by atoms with van der Waals surface area (Å²) >= 11 is 0. The third-order valence-electron chi connectivity index (χ3n) is 5.41. The molecule has 4 rings (SSSR count). The van der Waals surface area contributed by atoms with E-state index in [4.69, 9.17) is 0 Å². The molecule has 0 saturated carbocycles. The normalized spacial score (nSPS) is 11.8. The number of benzene rings is 3. The number of anilines is 1. The fraction of sp³-hybridized carbons (Fsp3) is 0.185. The molecule has 0 atom stereocenters. The summed E-state index contributed by atoms with van der Waals surface area (Å²) in [5.41, 5.74) is 4.50. The van der Waals surface area contributed by atoms with Crippen molar-refractivity contribution in [3.63, 3.8) is 0 Å². The van der Waals surface area contributed by atoms with Crippen LogP contribution in [0, 0.1) is 11.8 Å². The number of rotatable bonds is 6. The van der Waals surface area contributed by atoms with Gasteiger partial charge in [-0.15, -0.1) is 0 Å². The maximum Gasteiger partial charge on any atom is 0.229 e. The number of aryl methyl sites for hydroxylation is 1. The van der Waals surface area contributed by atoms with Crippen molar-refractivity contribution in [3.8, 4) is 17.6 Å². The second-order valence-corrected chi connectivity index (χ2v) is 7.67. The van der Waals surface area contributed by atoms with Crippen molar-refractivity contribution in [1.82, 2.24) is 5.32 Å². The number of phenols is 1. The van der Waals surface area contributed by atoms with Crippen LogP contribution in [0.1, 0.15) is 35.1 Å². The Balaban J connectivity index is 1.38. The van der Waals surface area contributed by atoms with Crippen LogP contribution >= 0.6 is 0 Å². The van der Waals surface area contributed by atoms with Gasteiger partial charge in [0.25, 0.3) is 0 Å². The van der Waals surface area contributed by atoms with Gasteiger partial charge in [-0.2, -0.15) is 0 Å². The van der Waals surface area contributed by atoms with E-state index in [9.17, 15) is 14.7 Å². The number of carbonyl (C=O) groups is 2. The van der Waals surface area contributed by atoms with Crippen molar-refractivity contribution >= 4 is 17.5 Å². The number of carbonyl (C=O) groups excluding carboxylic acids is 2. The lowest BCUT2D eigenvalue weighted by molar-refractivity contribution is -0.121. The Morgan fingerprint density at radius 1 is 0.875 bits per heavy atom. The molecule has 0 bridgehead atoms. The molecule has 3 aromatic rings. The SMILES string of the molecule is O=C(CCc1ccc(O)cc1)NCCC(=O)N1Cc2ccccc2C#Cc2ccccc21. The summed E-state index contributed by atoms with van der Waals surface area (Å²) in [7, 11) is 0. The molecule has 2 N–H and O–H groups in total. The highest BCUT2D eigenvalue weighted by molar-refractivity contribution is 5.95. The zero-order valence-corrected chi connectivity index (χ0v) is 17.7. The monoisotopic (exact) mass is 424 g/mol. The van der Waals surface area contributed by atoms with E-state index in [0.29, 0.717) is 19.4 Å². The van der Waals surface area contributed by atoms with E-state index in [-0.39, 0.29) is 30.5 Å². The van der Waals surface area contributed by atoms with E-state index >= 15 is 0 Å². The number of aromatic hydroxyl groups is 1. The second kappa shape index (κ2) is 9.84. The van der Waals surface area contributed by atoms with Crippen molar-refractivity contribution in [1.29, 1.82) is 0 Å². The quantitative estimate of drug-likeness (QED) is 0.592. The minimum absolute atomic E-state index is 0.0604. The van der Waals surface area contributed by atoms with Gasteiger partial charge in [0.1, 0.15) is 5.75 Å². The largest absolute Gasteiger partial charge is 0.508 e. The molecule has 0 spiro atoms. The predicted molar refractivity (Wildman–Crippen MR) is 124 cm³/mol. The lowest BCUT2D eigenvalue weighted by Crippen LogP contribution is -2.35. The Hall–Kier alpha value is -4.04. The summed E-state index contributed by atoms with van der Waals surface area (Å²) in [4.78, 5) is 27.1. The van der Waals surface area contributed by atoms with Crippen LogP contribution in [0.4, 0.5) is 5.69 Å². The second-order valence-electron chi connectivity index (χ2n) is 7.67. The van der Waals surface area contributed by atoms with Crippen molar-refractivity contribution in [3.05, 3.63) is 95.1 Å². The third-order valence-corrected chi connectivity index (χ3v) is 5.41. The molecule has 0 saturated heterocycles. The Morgan fingerprint density at radius 3 is 2.38 bits per heavy atom. The Morgan fingerprint density at radius 2 is 1.56 bits per heavy atom. The average Bonchev–Trinajstić information content (AvgIpc) is 2.80. The zero-order chi connectivity index (χ0) is 22.3. The van der Waals surface area contributed by atoms with Crippen molar-refractivity contribution < 1.29 is 14.7 Å². The Kier molecular flexibility index (Phi) is 6.52. The van der Waals surface area contributed by atoms with Crippen molar-refractivity contribution in [2.75, 3.05) is 11.4 Å². The van der Waals surface area contributed by atoms with Gasteiger partial charge in [0.2, 0.25) is 11.8 Å². The number of amides is 2. The first-order valence-corrected chi connectivity index (χ1v) is 10.6. The molecule has 5 nitrogen and oxygen atoms in total. The molecule has 1 heterocycles. The molecule has 0 unspecified atom stereocenters. The van der Waals surface area contributed by atoms with Crippen LogP contribution in [0.2, 0.25) is 0 Å². The van der Waals surface area contributed by atoms with Gasteiger partial charge >= 0.3 is 0 Å². The molecule has 1 aliphatic rings. The maximum absolute atomic E-state index is 13.1. The smallest absolute Gasteiger partial charge is 0.229 e. The van der Waals surface area contributed by atoms with Gasteiger partial charge in [-0.1, -0.05) is 54.3 Å². The van der Waals surface area contributed by atoms with E-state index in [1.54, 1.807) is 29.2 Å². The predicted octanol–water partition coefficient (Wildman–Crippen LogP) is 3.78. The molecular formula is C27H24N2O3. The first-order chi connectivity index (χ1) is 15.6. The minimum Gasteiger partial charge on any atom is -0.508 e. The van der Waals surface area contributed by atoms with Gasteiger partial charge in [0, 0.05) is 30.5 Å². The molecule has 32 heavy (non-hydrogen) atoms. The molecule has 1 aliphatic heterocycles. The summed E-state index contributed by atoms with van der Waals surface area (Å²) in [6.07, 6.45) is 1.11. The van der Waals surface area contributed by atoms with E-state index in [1.807, 2.05) is 48.5 Å². The number of nitrogens with one attached hydrogen (secondary N) is 1. The van der Waals surface area contributed by atoms with Gasteiger partial charge in [-0.05, 0) is 47.9 Å². The molecule has 0 fully saturated rings. The highest BCUT2D eigenvalue weighted by Gasteiger charge is 2.21. The fourth-order valence-electron chi connectivity index (χ4n) is 3.66. The Labute approximate surface area is 187 Å². The van der Waals surface area contributed by atoms with Gasteiger partial charge in [-0.3, -0.25) is 9.59 Å². The number of nitrogens with zero attached hydrogens (tertiary/aromatic N) is 1. The van der Waals surface area contributed by atoms with Crippen LogP contribution in [0.15, 0.2) is 72.8 Å². The van der Waals surface area contributed by atoms with Crippen LogP contribution in [-0.2, 0) is 22.6 Å². The first-order valence-electron chi connectivity index (χ1n) is 10.6. The molecule has 160 valence electrons. The zero-order valence-electron chi connectivity index (χ0n) is 17.7. The number of para-hydroxylation sites is 1. The highest BCUT2D eigenvalue weighted by Crippen LogP contribution is 2.25. The molecular weight excluding hydrogens is 400 g/mol. The minimum atomic E-state index is -0.102. The van der Waals surface area contributed by atoms with E-state index < -0.39 is 0 Å². The van der Waals surface area contributed by atoms with Crippen LogP contribution in [0.3, 0.4) is 0 Å². The standard InChI is InChI=1S/C27H24N2O3/c30-24-14-9-20(10-15-24)11-16-26(31)28-18-17-27(32)29-19-23-7-2-1-5-21(23)12-13-22-6-3-4-8-25(22)29/h1-10,14-15,30H,11,16-19H2,(H,28,31). The van der Waals surface area contributed by atoms with Crippen LogP contribution in [-0.4, -0.2) is 23.5 Å². The topological polar surface area (TPSA) is 69.6 Å².